The van der Waals surface area contributed by atoms with E-state index < -0.39 is 12.2 Å². The summed E-state index contributed by atoms with van der Waals surface area (Å²) in [7, 11) is 1.42. The number of phenols is 1. The Morgan fingerprint density at radius 3 is 2.38 bits per heavy atom. The third kappa shape index (κ3) is 7.57. The molecule has 4 aliphatic rings. The normalized spacial score (nSPS) is 21.7. The molecule has 0 aliphatic carbocycles. The number of rotatable bonds is 7. The van der Waals surface area contributed by atoms with E-state index in [1.165, 1.54) is 7.11 Å². The minimum absolute atomic E-state index is 0.00850. The summed E-state index contributed by atoms with van der Waals surface area (Å²) >= 11 is 3.35. The molecule has 0 aromatic heterocycles. The van der Waals surface area contributed by atoms with Crippen molar-refractivity contribution < 1.29 is 33.8 Å². The van der Waals surface area contributed by atoms with E-state index in [-0.39, 0.29) is 48.2 Å². The average molecular weight is 727 g/mol. The first-order chi connectivity index (χ1) is 23.2. The van der Waals surface area contributed by atoms with Crippen molar-refractivity contribution in [3.8, 4) is 5.75 Å². The molecule has 4 aliphatic heterocycles. The van der Waals surface area contributed by atoms with Gasteiger partial charge in [-0.05, 0) is 96.7 Å². The molecular weight excluding hydrogens is 682 g/mol. The van der Waals surface area contributed by atoms with Gasteiger partial charge in [0.25, 0.3) is 5.91 Å². The molecule has 0 radical (unpaired) electrons. The Balaban J connectivity index is 1.08. The van der Waals surface area contributed by atoms with Crippen LogP contribution in [0.25, 0.3) is 0 Å². The number of carbonyl (C=O) groups excluding carboxylic acids is 4. The predicted octanol–water partition coefficient (Wildman–Crippen LogP) is 4.39. The number of hydrogen-bond acceptors (Lipinski definition) is 8. The van der Waals surface area contributed by atoms with Crippen LogP contribution >= 0.6 is 15.9 Å². The summed E-state index contributed by atoms with van der Waals surface area (Å²) in [5.41, 5.74) is 2.69. The van der Waals surface area contributed by atoms with Crippen molar-refractivity contribution in [1.82, 2.24) is 19.6 Å². The van der Waals surface area contributed by atoms with Crippen molar-refractivity contribution >= 4 is 45.6 Å². The number of likely N-dealkylation sites (tertiary alicyclic amines) is 3. The SMILES string of the molecule is COC(=O)C1CCCN1C1CCN(C(=O)C(Cc2ccc(O)c(Br)c2)OC(=O)N2CCC(N3CCc4ccccc4NC3=O)CC2)CC1. The molecule has 6 rings (SSSR count). The van der Waals surface area contributed by atoms with Crippen LogP contribution in [0.5, 0.6) is 5.75 Å². The molecule has 0 spiro atoms. The third-order valence-electron chi connectivity index (χ3n) is 10.3. The monoisotopic (exact) mass is 725 g/mol. The number of para-hydroxylation sites is 1. The van der Waals surface area contributed by atoms with Gasteiger partial charge in [-0.1, -0.05) is 24.3 Å². The van der Waals surface area contributed by atoms with E-state index >= 15 is 0 Å². The van der Waals surface area contributed by atoms with Gasteiger partial charge in [-0.2, -0.15) is 0 Å². The molecule has 12 nitrogen and oxygen atoms in total. The van der Waals surface area contributed by atoms with E-state index in [1.807, 2.05) is 29.2 Å². The lowest BCUT2D eigenvalue weighted by atomic mass is 10.00. The highest BCUT2D eigenvalue weighted by Crippen LogP contribution is 2.29. The minimum Gasteiger partial charge on any atom is -0.507 e. The first-order valence-corrected chi connectivity index (χ1v) is 17.7. The van der Waals surface area contributed by atoms with Crippen LogP contribution < -0.4 is 5.32 Å². The molecule has 4 amide bonds. The number of hydrogen-bond donors (Lipinski definition) is 2. The van der Waals surface area contributed by atoms with Crippen LogP contribution in [0, 0.1) is 0 Å². The number of halogens is 1. The van der Waals surface area contributed by atoms with E-state index in [0.717, 1.165) is 42.6 Å². The van der Waals surface area contributed by atoms with E-state index in [2.05, 4.69) is 26.1 Å². The second-order valence-electron chi connectivity index (χ2n) is 13.1. The molecule has 2 N–H and O–H groups in total. The maximum Gasteiger partial charge on any atom is 0.410 e. The second-order valence-corrected chi connectivity index (χ2v) is 13.9. The van der Waals surface area contributed by atoms with Gasteiger partial charge < -0.3 is 34.6 Å². The number of methoxy groups -OCH3 is 1. The first kappa shape index (κ1) is 34.0. The summed E-state index contributed by atoms with van der Waals surface area (Å²) in [5, 5.41) is 13.0. The summed E-state index contributed by atoms with van der Waals surface area (Å²) in [5.74, 6) is -0.382. The molecule has 48 heavy (non-hydrogen) atoms. The number of fused-ring (bicyclic) bond motifs is 1. The van der Waals surface area contributed by atoms with Crippen LogP contribution in [-0.4, -0.2) is 119 Å². The number of esters is 1. The van der Waals surface area contributed by atoms with E-state index in [9.17, 15) is 24.3 Å². The van der Waals surface area contributed by atoms with Gasteiger partial charge in [0, 0.05) is 56.9 Å². The highest BCUT2D eigenvalue weighted by atomic mass is 79.9. The van der Waals surface area contributed by atoms with Crippen LogP contribution in [0.1, 0.15) is 49.7 Å². The minimum atomic E-state index is -1.05. The first-order valence-electron chi connectivity index (χ1n) is 16.9. The van der Waals surface area contributed by atoms with Gasteiger partial charge in [0.15, 0.2) is 6.10 Å². The number of phenolic OH excluding ortho intramolecular Hbond substituents is 1. The smallest absolute Gasteiger partial charge is 0.410 e. The van der Waals surface area contributed by atoms with E-state index in [1.54, 1.807) is 28.0 Å². The molecule has 0 saturated carbocycles. The Labute approximate surface area is 289 Å². The van der Waals surface area contributed by atoms with Crippen LogP contribution in [-0.2, 0) is 31.9 Å². The zero-order valence-corrected chi connectivity index (χ0v) is 28.9. The maximum atomic E-state index is 14.0. The third-order valence-corrected chi connectivity index (χ3v) is 10.9. The summed E-state index contributed by atoms with van der Waals surface area (Å²) in [6.45, 7) is 3.25. The van der Waals surface area contributed by atoms with Crippen molar-refractivity contribution in [3.05, 3.63) is 58.1 Å². The lowest BCUT2D eigenvalue weighted by Gasteiger charge is -2.40. The molecule has 2 aromatic rings. The lowest BCUT2D eigenvalue weighted by molar-refractivity contribution is -0.148. The summed E-state index contributed by atoms with van der Waals surface area (Å²) in [6, 6.07) is 12.6. The highest BCUT2D eigenvalue weighted by Gasteiger charge is 2.40. The van der Waals surface area contributed by atoms with Gasteiger partial charge >= 0.3 is 18.1 Å². The number of amides is 4. The number of nitrogens with one attached hydrogen (secondary N) is 1. The lowest BCUT2D eigenvalue weighted by Crippen LogP contribution is -2.53. The maximum absolute atomic E-state index is 14.0. The van der Waals surface area contributed by atoms with Gasteiger partial charge in [-0.15, -0.1) is 0 Å². The number of benzene rings is 2. The van der Waals surface area contributed by atoms with Gasteiger partial charge in [0.05, 0.1) is 11.6 Å². The standard InChI is InChI=1S/C35H44BrN5O7/c1-47-33(44)29-7-4-15-40(29)25-11-16-38(17-12-25)32(43)31(22-23-8-9-30(42)27(36)21-23)48-35(46)39-18-13-26(14-19-39)41-20-10-24-5-2-3-6-28(24)37-34(41)45/h2-3,5-6,8-9,21,25-26,29,31,42H,4,7,10-20,22H2,1H3,(H,37,45). The Morgan fingerprint density at radius 1 is 0.938 bits per heavy atom. The zero-order valence-electron chi connectivity index (χ0n) is 27.3. The van der Waals surface area contributed by atoms with E-state index in [0.29, 0.717) is 62.9 Å². The molecular formula is C35H44BrN5O7. The molecule has 3 fully saturated rings. The molecule has 13 heteroatoms. The molecule has 2 aromatic carbocycles. The molecule has 4 heterocycles. The Kier molecular flexibility index (Phi) is 10.7. The molecule has 2 atom stereocenters. The fraction of sp³-hybridized carbons (Fsp3) is 0.543. The molecule has 0 bridgehead atoms. The topological polar surface area (TPSA) is 132 Å². The molecule has 3 saturated heterocycles. The fourth-order valence-corrected chi connectivity index (χ4v) is 8.03. The predicted molar refractivity (Wildman–Crippen MR) is 182 cm³/mol. The number of nitrogens with zero attached hydrogens (tertiary/aromatic N) is 4. The van der Waals surface area contributed by atoms with Crippen molar-refractivity contribution in [2.45, 2.75) is 75.6 Å². The number of carbonyl (C=O) groups is 4. The summed E-state index contributed by atoms with van der Waals surface area (Å²) in [4.78, 5) is 60.4. The molecule has 258 valence electrons. The number of anilines is 1. The van der Waals surface area contributed by atoms with Crippen molar-refractivity contribution in [2.75, 3.05) is 51.7 Å². The Hall–Kier alpha value is -3.84. The highest BCUT2D eigenvalue weighted by molar-refractivity contribution is 9.10. The van der Waals surface area contributed by atoms with Gasteiger partial charge in [0.2, 0.25) is 0 Å². The average Bonchev–Trinajstić information content (AvgIpc) is 3.53. The number of piperidine rings is 2. The number of aromatic hydroxyl groups is 1. The number of urea groups is 1. The Morgan fingerprint density at radius 2 is 1.65 bits per heavy atom. The van der Waals surface area contributed by atoms with Crippen molar-refractivity contribution in [2.24, 2.45) is 0 Å². The van der Waals surface area contributed by atoms with Crippen molar-refractivity contribution in [1.29, 1.82) is 0 Å². The quantitative estimate of drug-likeness (QED) is 0.402. The molecule has 2 unspecified atom stereocenters. The second kappa shape index (κ2) is 15.1. The number of ether oxygens (including phenoxy) is 2. The van der Waals surface area contributed by atoms with Crippen LogP contribution in [0.2, 0.25) is 0 Å². The summed E-state index contributed by atoms with van der Waals surface area (Å²) in [6.07, 6.45) is 3.69. The van der Waals surface area contributed by atoms with Gasteiger partial charge in [0.1, 0.15) is 11.8 Å². The zero-order chi connectivity index (χ0) is 33.8. The van der Waals surface area contributed by atoms with Crippen LogP contribution in [0.4, 0.5) is 15.3 Å². The fourth-order valence-electron chi connectivity index (χ4n) is 7.60. The van der Waals surface area contributed by atoms with Crippen molar-refractivity contribution in [3.63, 3.8) is 0 Å². The van der Waals surface area contributed by atoms with Crippen LogP contribution in [0.15, 0.2) is 46.9 Å². The largest absolute Gasteiger partial charge is 0.507 e. The van der Waals surface area contributed by atoms with E-state index in [4.69, 9.17) is 9.47 Å². The summed E-state index contributed by atoms with van der Waals surface area (Å²) < 4.78 is 11.5. The van der Waals surface area contributed by atoms with Gasteiger partial charge in [-0.3, -0.25) is 14.5 Å². The van der Waals surface area contributed by atoms with Gasteiger partial charge in [-0.25, -0.2) is 9.59 Å². The Bertz CT molecular complexity index is 1510. The van der Waals surface area contributed by atoms with Crippen LogP contribution in [0.3, 0.4) is 0 Å².